The van der Waals surface area contributed by atoms with E-state index in [9.17, 15) is 9.59 Å². The van der Waals surface area contributed by atoms with Crippen LogP contribution in [0.3, 0.4) is 0 Å². The molecule has 0 aromatic heterocycles. The number of ether oxygens (including phenoxy) is 1. The van der Waals surface area contributed by atoms with Crippen LogP contribution in [0.5, 0.6) is 0 Å². The van der Waals surface area contributed by atoms with Gasteiger partial charge in [0.2, 0.25) is 0 Å². The average molecular weight is 243 g/mol. The molecule has 1 N–H and O–H groups in total. The Bertz CT molecular complexity index is 267. The number of rotatable bonds is 7. The van der Waals surface area contributed by atoms with Crippen LogP contribution in [0.4, 0.5) is 0 Å². The second-order valence-electron chi connectivity index (χ2n) is 4.29. The summed E-state index contributed by atoms with van der Waals surface area (Å²) in [5.74, 6) is -0.278. The van der Waals surface area contributed by atoms with Gasteiger partial charge in [0.05, 0.1) is 26.2 Å². The topological polar surface area (TPSA) is 66.8 Å². The Labute approximate surface area is 102 Å². The lowest BCUT2D eigenvalue weighted by Crippen LogP contribution is -2.36. The fraction of sp³-hybridized carbons (Fsp3) is 0.833. The molecule has 1 fully saturated rings. The number of ketones is 1. The first kappa shape index (κ1) is 14.1. The third-order valence-electron chi connectivity index (χ3n) is 3.00. The molecule has 1 saturated heterocycles. The van der Waals surface area contributed by atoms with E-state index in [1.807, 2.05) is 4.90 Å². The molecule has 98 valence electrons. The molecule has 0 spiro atoms. The average Bonchev–Trinajstić information content (AvgIpc) is 2.74. The molecular weight excluding hydrogens is 222 g/mol. The Morgan fingerprint density at radius 1 is 1.41 bits per heavy atom. The van der Waals surface area contributed by atoms with E-state index in [-0.39, 0.29) is 37.2 Å². The summed E-state index contributed by atoms with van der Waals surface area (Å²) in [5, 5.41) is 9.11. The molecule has 0 aliphatic carbocycles. The molecule has 0 amide bonds. The van der Waals surface area contributed by atoms with Crippen LogP contribution in [0, 0.1) is 0 Å². The Hall–Kier alpha value is -0.940. The lowest BCUT2D eigenvalue weighted by atomic mass is 10.2. The minimum atomic E-state index is -0.319. The Kier molecular flexibility index (Phi) is 6.15. The first-order valence-corrected chi connectivity index (χ1v) is 6.19. The molecule has 17 heavy (non-hydrogen) atoms. The van der Waals surface area contributed by atoms with Gasteiger partial charge in [-0.1, -0.05) is 0 Å². The van der Waals surface area contributed by atoms with E-state index in [0.29, 0.717) is 13.2 Å². The minimum Gasteiger partial charge on any atom is -0.466 e. The van der Waals surface area contributed by atoms with Gasteiger partial charge in [0, 0.05) is 12.5 Å². The maximum atomic E-state index is 11.6. The lowest BCUT2D eigenvalue weighted by molar-refractivity contribution is -0.144. The number of Topliss-reactive ketones (excluding diaryl/α,β-unsaturated/α-hetero) is 1. The zero-order valence-electron chi connectivity index (χ0n) is 10.4. The first-order valence-electron chi connectivity index (χ1n) is 6.19. The van der Waals surface area contributed by atoms with E-state index in [1.165, 1.54) is 0 Å². The SMILES string of the molecule is CCOC(=O)CCC(=O)CN1CCCC1CO. The molecule has 1 aliphatic heterocycles. The number of carbonyl (C=O) groups excluding carboxylic acids is 2. The van der Waals surface area contributed by atoms with Crippen LogP contribution in [0.1, 0.15) is 32.6 Å². The number of hydrogen-bond donors (Lipinski definition) is 1. The van der Waals surface area contributed by atoms with Crippen molar-refractivity contribution in [1.29, 1.82) is 0 Å². The van der Waals surface area contributed by atoms with Gasteiger partial charge in [0.25, 0.3) is 0 Å². The molecule has 1 heterocycles. The predicted octanol–water partition coefficient (Wildman–Crippen LogP) is 0.355. The summed E-state index contributed by atoms with van der Waals surface area (Å²) < 4.78 is 4.76. The summed E-state index contributed by atoms with van der Waals surface area (Å²) in [7, 11) is 0. The number of hydrogen-bond acceptors (Lipinski definition) is 5. The van der Waals surface area contributed by atoms with Crippen molar-refractivity contribution in [2.45, 2.75) is 38.6 Å². The molecule has 0 saturated carbocycles. The van der Waals surface area contributed by atoms with Crippen LogP contribution in [0.2, 0.25) is 0 Å². The molecular formula is C12H21NO4. The summed E-state index contributed by atoms with van der Waals surface area (Å²) in [4.78, 5) is 24.7. The third kappa shape index (κ3) is 4.83. The number of nitrogens with zero attached hydrogens (tertiary/aromatic N) is 1. The van der Waals surface area contributed by atoms with E-state index in [1.54, 1.807) is 6.92 Å². The highest BCUT2D eigenvalue weighted by Gasteiger charge is 2.25. The van der Waals surface area contributed by atoms with Crippen molar-refractivity contribution in [2.24, 2.45) is 0 Å². The monoisotopic (exact) mass is 243 g/mol. The summed E-state index contributed by atoms with van der Waals surface area (Å²) >= 11 is 0. The van der Waals surface area contributed by atoms with Crippen LogP contribution < -0.4 is 0 Å². The lowest BCUT2D eigenvalue weighted by Gasteiger charge is -2.21. The highest BCUT2D eigenvalue weighted by Crippen LogP contribution is 2.16. The fourth-order valence-electron chi connectivity index (χ4n) is 2.09. The van der Waals surface area contributed by atoms with Crippen molar-refractivity contribution in [3.8, 4) is 0 Å². The molecule has 0 aromatic rings. The van der Waals surface area contributed by atoms with Gasteiger partial charge < -0.3 is 9.84 Å². The van der Waals surface area contributed by atoms with Crippen LogP contribution in [0.25, 0.3) is 0 Å². The standard InChI is InChI=1S/C12H21NO4/c1-2-17-12(16)6-5-11(15)8-13-7-3-4-10(13)9-14/h10,14H,2-9H2,1H3. The van der Waals surface area contributed by atoms with Gasteiger partial charge in [0.15, 0.2) is 0 Å². The highest BCUT2D eigenvalue weighted by molar-refractivity contribution is 5.84. The molecule has 1 atom stereocenters. The van der Waals surface area contributed by atoms with E-state index < -0.39 is 0 Å². The van der Waals surface area contributed by atoms with Gasteiger partial charge in [-0.05, 0) is 26.3 Å². The number of carbonyl (C=O) groups is 2. The zero-order chi connectivity index (χ0) is 12.7. The molecule has 1 aliphatic rings. The summed E-state index contributed by atoms with van der Waals surface area (Å²) in [5.41, 5.74) is 0. The van der Waals surface area contributed by atoms with Crippen molar-refractivity contribution in [3.63, 3.8) is 0 Å². The largest absolute Gasteiger partial charge is 0.466 e. The van der Waals surface area contributed by atoms with Gasteiger partial charge in [0.1, 0.15) is 5.78 Å². The van der Waals surface area contributed by atoms with Gasteiger partial charge in [-0.2, -0.15) is 0 Å². The molecule has 0 bridgehead atoms. The van der Waals surface area contributed by atoms with Gasteiger partial charge >= 0.3 is 5.97 Å². The van der Waals surface area contributed by atoms with Crippen molar-refractivity contribution in [1.82, 2.24) is 4.90 Å². The maximum Gasteiger partial charge on any atom is 0.306 e. The van der Waals surface area contributed by atoms with Crippen LogP contribution >= 0.6 is 0 Å². The first-order chi connectivity index (χ1) is 8.17. The summed E-state index contributed by atoms with van der Waals surface area (Å²) in [6, 6.07) is 0.113. The highest BCUT2D eigenvalue weighted by atomic mass is 16.5. The molecule has 0 radical (unpaired) electrons. The van der Waals surface area contributed by atoms with Crippen LogP contribution in [-0.4, -0.2) is 54.1 Å². The predicted molar refractivity (Wildman–Crippen MR) is 62.6 cm³/mol. The molecule has 5 nitrogen and oxygen atoms in total. The smallest absolute Gasteiger partial charge is 0.306 e. The van der Waals surface area contributed by atoms with Gasteiger partial charge in [-0.15, -0.1) is 0 Å². The van der Waals surface area contributed by atoms with E-state index in [0.717, 1.165) is 19.4 Å². The zero-order valence-corrected chi connectivity index (χ0v) is 10.4. The molecule has 1 rings (SSSR count). The Morgan fingerprint density at radius 2 is 2.18 bits per heavy atom. The Balaban J connectivity index is 2.22. The van der Waals surface area contributed by atoms with Crippen LogP contribution in [0.15, 0.2) is 0 Å². The molecule has 5 heteroatoms. The summed E-state index contributed by atoms with van der Waals surface area (Å²) in [6.45, 7) is 3.40. The molecule has 0 aromatic carbocycles. The van der Waals surface area contributed by atoms with Crippen molar-refractivity contribution in [2.75, 3.05) is 26.3 Å². The van der Waals surface area contributed by atoms with Gasteiger partial charge in [-0.25, -0.2) is 0 Å². The maximum absolute atomic E-state index is 11.6. The third-order valence-corrected chi connectivity index (χ3v) is 3.00. The normalized spacial score (nSPS) is 20.5. The Morgan fingerprint density at radius 3 is 2.82 bits per heavy atom. The second-order valence-corrected chi connectivity index (χ2v) is 4.29. The number of aliphatic hydroxyl groups excluding tert-OH is 1. The van der Waals surface area contributed by atoms with Crippen LogP contribution in [-0.2, 0) is 14.3 Å². The van der Waals surface area contributed by atoms with Crippen molar-refractivity contribution >= 4 is 11.8 Å². The van der Waals surface area contributed by atoms with E-state index in [4.69, 9.17) is 9.84 Å². The number of aliphatic hydroxyl groups is 1. The minimum absolute atomic E-state index is 0.0402. The van der Waals surface area contributed by atoms with Crippen molar-refractivity contribution in [3.05, 3.63) is 0 Å². The quantitative estimate of drug-likeness (QED) is 0.654. The summed E-state index contributed by atoms with van der Waals surface area (Å²) in [6.07, 6.45) is 2.36. The van der Waals surface area contributed by atoms with Crippen molar-refractivity contribution < 1.29 is 19.4 Å². The van der Waals surface area contributed by atoms with E-state index >= 15 is 0 Å². The number of likely N-dealkylation sites (tertiary alicyclic amines) is 1. The van der Waals surface area contributed by atoms with Gasteiger partial charge in [-0.3, -0.25) is 14.5 Å². The second kappa shape index (κ2) is 7.40. The molecule has 1 unspecified atom stereocenters. The fourth-order valence-corrected chi connectivity index (χ4v) is 2.09. The van der Waals surface area contributed by atoms with E-state index in [2.05, 4.69) is 0 Å². The number of esters is 1.